The predicted molar refractivity (Wildman–Crippen MR) is 67.4 cm³/mol. The molecule has 1 saturated carbocycles. The van der Waals surface area contributed by atoms with Crippen molar-refractivity contribution in [1.82, 2.24) is 20.2 Å². The van der Waals surface area contributed by atoms with E-state index < -0.39 is 0 Å². The van der Waals surface area contributed by atoms with Crippen molar-refractivity contribution < 1.29 is 4.74 Å². The summed E-state index contributed by atoms with van der Waals surface area (Å²) in [6.45, 7) is 0.702. The van der Waals surface area contributed by atoms with Crippen LogP contribution in [0.1, 0.15) is 12.8 Å². The number of anilines is 1. The molecule has 3 rings (SSSR count). The maximum Gasteiger partial charge on any atom is 0.238 e. The molecule has 7 heteroatoms. The first-order valence-electron chi connectivity index (χ1n) is 5.74. The molecular weight excluding hydrogens is 250 g/mol. The number of nitrogens with one attached hydrogen (secondary N) is 1. The van der Waals surface area contributed by atoms with E-state index in [1.807, 2.05) is 6.07 Å². The van der Waals surface area contributed by atoms with Gasteiger partial charge in [0.15, 0.2) is 5.16 Å². The van der Waals surface area contributed by atoms with Gasteiger partial charge in [0.05, 0.1) is 12.3 Å². The number of H-pyrrole nitrogens is 1. The Morgan fingerprint density at radius 3 is 3.06 bits per heavy atom. The van der Waals surface area contributed by atoms with E-state index in [4.69, 9.17) is 10.5 Å². The summed E-state index contributed by atoms with van der Waals surface area (Å²) in [5.41, 5.74) is 6.40. The molecule has 18 heavy (non-hydrogen) atoms. The summed E-state index contributed by atoms with van der Waals surface area (Å²) in [5, 5.41) is 8.03. The van der Waals surface area contributed by atoms with Crippen LogP contribution in [0.4, 0.5) is 5.69 Å². The van der Waals surface area contributed by atoms with Crippen LogP contribution in [-0.2, 0) is 0 Å². The number of nitrogen functional groups attached to an aromatic ring is 1. The summed E-state index contributed by atoms with van der Waals surface area (Å²) in [6, 6.07) is 3.64. The average Bonchev–Trinajstić information content (AvgIpc) is 3.07. The molecule has 2 heterocycles. The molecule has 0 spiro atoms. The highest BCUT2D eigenvalue weighted by atomic mass is 32.2. The van der Waals surface area contributed by atoms with Gasteiger partial charge in [0.1, 0.15) is 11.4 Å². The number of nitrogens with two attached hydrogens (primary N) is 1. The topological polar surface area (TPSA) is 89.7 Å². The van der Waals surface area contributed by atoms with E-state index in [-0.39, 0.29) is 0 Å². The molecule has 0 radical (unpaired) electrons. The number of hydrogen-bond donors (Lipinski definition) is 2. The first-order valence-corrected chi connectivity index (χ1v) is 6.55. The second kappa shape index (κ2) is 4.85. The molecule has 0 saturated heterocycles. The van der Waals surface area contributed by atoms with Gasteiger partial charge in [-0.3, -0.25) is 5.10 Å². The van der Waals surface area contributed by atoms with Gasteiger partial charge in [-0.15, -0.1) is 0 Å². The third-order valence-corrected chi connectivity index (χ3v) is 3.44. The fourth-order valence-electron chi connectivity index (χ4n) is 1.43. The zero-order chi connectivity index (χ0) is 12.4. The normalized spacial score (nSPS) is 14.7. The zero-order valence-corrected chi connectivity index (χ0v) is 10.5. The molecule has 0 unspecified atom stereocenters. The van der Waals surface area contributed by atoms with E-state index in [0.29, 0.717) is 29.2 Å². The van der Waals surface area contributed by atoms with Crippen LogP contribution in [0.2, 0.25) is 0 Å². The van der Waals surface area contributed by atoms with Gasteiger partial charge >= 0.3 is 0 Å². The minimum absolute atomic E-state index is 0.506. The SMILES string of the molecule is Nc1ccc(Sc2ncn[nH]2)nc1OCC1CC1. The van der Waals surface area contributed by atoms with E-state index in [1.54, 1.807) is 6.07 Å². The molecule has 2 aromatic rings. The maximum absolute atomic E-state index is 5.84. The first kappa shape index (κ1) is 11.3. The number of aromatic amines is 1. The molecule has 0 aromatic carbocycles. The minimum Gasteiger partial charge on any atom is -0.476 e. The fraction of sp³-hybridized carbons (Fsp3) is 0.364. The van der Waals surface area contributed by atoms with Crippen molar-refractivity contribution in [2.75, 3.05) is 12.3 Å². The van der Waals surface area contributed by atoms with Gasteiger partial charge in [0.25, 0.3) is 0 Å². The van der Waals surface area contributed by atoms with Gasteiger partial charge in [-0.2, -0.15) is 5.10 Å². The first-order chi connectivity index (χ1) is 8.81. The second-order valence-corrected chi connectivity index (χ2v) is 5.20. The highest BCUT2D eigenvalue weighted by Crippen LogP contribution is 2.31. The van der Waals surface area contributed by atoms with E-state index in [2.05, 4.69) is 20.2 Å². The summed E-state index contributed by atoms with van der Waals surface area (Å²) >= 11 is 1.39. The smallest absolute Gasteiger partial charge is 0.238 e. The van der Waals surface area contributed by atoms with Crippen LogP contribution < -0.4 is 10.5 Å². The summed E-state index contributed by atoms with van der Waals surface area (Å²) in [4.78, 5) is 8.41. The third kappa shape index (κ3) is 2.73. The molecule has 0 aliphatic heterocycles. The largest absolute Gasteiger partial charge is 0.476 e. The van der Waals surface area contributed by atoms with Crippen molar-refractivity contribution in [3.63, 3.8) is 0 Å². The van der Waals surface area contributed by atoms with E-state index in [1.165, 1.54) is 30.9 Å². The third-order valence-electron chi connectivity index (χ3n) is 2.61. The number of pyridine rings is 1. The van der Waals surface area contributed by atoms with Crippen LogP contribution >= 0.6 is 11.8 Å². The summed E-state index contributed by atoms with van der Waals surface area (Å²) in [7, 11) is 0. The van der Waals surface area contributed by atoms with Gasteiger partial charge in [-0.25, -0.2) is 9.97 Å². The van der Waals surface area contributed by atoms with Crippen LogP contribution in [0, 0.1) is 5.92 Å². The molecule has 1 aliphatic rings. The molecule has 1 fully saturated rings. The highest BCUT2D eigenvalue weighted by Gasteiger charge is 2.22. The van der Waals surface area contributed by atoms with Gasteiger partial charge in [0.2, 0.25) is 5.88 Å². The lowest BCUT2D eigenvalue weighted by Gasteiger charge is -2.08. The van der Waals surface area contributed by atoms with Gasteiger partial charge < -0.3 is 10.5 Å². The Hall–Kier alpha value is -1.76. The molecule has 1 aliphatic carbocycles. The van der Waals surface area contributed by atoms with Crippen LogP contribution in [0.15, 0.2) is 28.6 Å². The number of ether oxygens (including phenoxy) is 1. The lowest BCUT2D eigenvalue weighted by atomic mass is 10.4. The summed E-state index contributed by atoms with van der Waals surface area (Å²) in [5.74, 6) is 1.18. The maximum atomic E-state index is 5.84. The van der Waals surface area contributed by atoms with Gasteiger partial charge in [-0.05, 0) is 42.7 Å². The van der Waals surface area contributed by atoms with Gasteiger partial charge in [-0.1, -0.05) is 0 Å². The van der Waals surface area contributed by atoms with Crippen LogP contribution in [0.3, 0.4) is 0 Å². The molecule has 3 N–H and O–H groups in total. The van der Waals surface area contributed by atoms with E-state index >= 15 is 0 Å². The van der Waals surface area contributed by atoms with Crippen molar-refractivity contribution in [1.29, 1.82) is 0 Å². The highest BCUT2D eigenvalue weighted by molar-refractivity contribution is 7.99. The van der Waals surface area contributed by atoms with Crippen molar-refractivity contribution >= 4 is 17.4 Å². The Morgan fingerprint density at radius 2 is 2.33 bits per heavy atom. The summed E-state index contributed by atoms with van der Waals surface area (Å²) in [6.07, 6.45) is 3.95. The van der Waals surface area contributed by atoms with Crippen molar-refractivity contribution in [3.8, 4) is 5.88 Å². The van der Waals surface area contributed by atoms with Crippen LogP contribution in [0.5, 0.6) is 5.88 Å². The monoisotopic (exact) mass is 263 g/mol. The standard InChI is InChI=1S/C11H13N5OS/c12-8-3-4-9(18-11-13-6-14-16-11)15-10(8)17-5-7-1-2-7/h3-4,6-7H,1-2,5,12H2,(H,13,14,16). The minimum atomic E-state index is 0.506. The zero-order valence-electron chi connectivity index (χ0n) is 9.67. The van der Waals surface area contributed by atoms with Crippen molar-refractivity contribution in [3.05, 3.63) is 18.5 Å². The predicted octanol–water partition coefficient (Wildman–Crippen LogP) is 1.72. The van der Waals surface area contributed by atoms with Crippen LogP contribution in [-0.4, -0.2) is 26.8 Å². The fourth-order valence-corrected chi connectivity index (χ4v) is 2.09. The molecule has 0 bridgehead atoms. The molecular formula is C11H13N5OS. The summed E-state index contributed by atoms with van der Waals surface area (Å²) < 4.78 is 5.62. The average molecular weight is 263 g/mol. The lowest BCUT2D eigenvalue weighted by Crippen LogP contribution is -2.04. The Balaban J connectivity index is 1.72. The van der Waals surface area contributed by atoms with Crippen molar-refractivity contribution in [2.45, 2.75) is 23.0 Å². The number of aromatic nitrogens is 4. The lowest BCUT2D eigenvalue weighted by molar-refractivity contribution is 0.288. The molecule has 0 amide bonds. The quantitative estimate of drug-likeness (QED) is 0.853. The Kier molecular flexibility index (Phi) is 3.06. The van der Waals surface area contributed by atoms with E-state index in [9.17, 15) is 0 Å². The Bertz CT molecular complexity index is 526. The molecule has 0 atom stereocenters. The molecule has 94 valence electrons. The Labute approximate surface area is 108 Å². The molecule has 6 nitrogen and oxygen atoms in total. The van der Waals surface area contributed by atoms with Gasteiger partial charge in [0, 0.05) is 0 Å². The number of nitrogens with zero attached hydrogens (tertiary/aromatic N) is 3. The number of hydrogen-bond acceptors (Lipinski definition) is 6. The van der Waals surface area contributed by atoms with Crippen molar-refractivity contribution in [2.24, 2.45) is 5.92 Å². The van der Waals surface area contributed by atoms with Crippen LogP contribution in [0.25, 0.3) is 0 Å². The number of rotatable bonds is 5. The Morgan fingerprint density at radius 1 is 1.44 bits per heavy atom. The molecule has 2 aromatic heterocycles. The van der Waals surface area contributed by atoms with E-state index in [0.717, 1.165) is 5.03 Å². The second-order valence-electron chi connectivity index (χ2n) is 4.19.